The van der Waals surface area contributed by atoms with Crippen LogP contribution in [0.2, 0.25) is 0 Å². The lowest BCUT2D eigenvalue weighted by molar-refractivity contribution is -0.129. The van der Waals surface area contributed by atoms with Crippen LogP contribution in [-0.4, -0.2) is 78.5 Å². The van der Waals surface area contributed by atoms with Crippen molar-refractivity contribution >= 4 is 28.7 Å². The second kappa shape index (κ2) is 7.02. The molecule has 2 amide bonds. The molecular formula is C21H27N5O3. The molecule has 1 N–H and O–H groups in total. The summed E-state index contributed by atoms with van der Waals surface area (Å²) in [6, 6.07) is 4.13. The standard InChI is InChI=1S/C21H27N5O3/c1-13-20(14-3-5-25(13)6-4-14)23-21(28)16-10-17-15(11-22-16)9-19(29-17)26-8-7-24(2)18(27)12-26/h9-11,13-14,20H,3-8,12H2,1-2H3,(H,23,28). The van der Waals surface area contributed by atoms with Gasteiger partial charge in [0.05, 0.1) is 6.54 Å². The zero-order chi connectivity index (χ0) is 20.1. The first kappa shape index (κ1) is 18.4. The number of pyridine rings is 1. The van der Waals surface area contributed by atoms with E-state index in [1.54, 1.807) is 17.2 Å². The van der Waals surface area contributed by atoms with Gasteiger partial charge in [0.2, 0.25) is 5.91 Å². The van der Waals surface area contributed by atoms with Crippen molar-refractivity contribution in [3.63, 3.8) is 0 Å². The van der Waals surface area contributed by atoms with Gasteiger partial charge < -0.3 is 19.5 Å². The van der Waals surface area contributed by atoms with Crippen molar-refractivity contribution < 1.29 is 14.0 Å². The number of hydrogen-bond donors (Lipinski definition) is 1. The molecule has 4 saturated heterocycles. The summed E-state index contributed by atoms with van der Waals surface area (Å²) in [6.45, 7) is 6.15. The Hall–Kier alpha value is -2.61. The van der Waals surface area contributed by atoms with Gasteiger partial charge in [0, 0.05) is 55.9 Å². The normalized spacial score (nSPS) is 29.5. The molecule has 4 fully saturated rings. The van der Waals surface area contributed by atoms with Gasteiger partial charge in [0.1, 0.15) is 11.3 Å². The van der Waals surface area contributed by atoms with Gasteiger partial charge in [0.15, 0.2) is 5.88 Å². The maximum atomic E-state index is 12.9. The summed E-state index contributed by atoms with van der Waals surface area (Å²) in [5.41, 5.74) is 0.991. The van der Waals surface area contributed by atoms with Crippen LogP contribution >= 0.6 is 0 Å². The van der Waals surface area contributed by atoms with Gasteiger partial charge in [-0.3, -0.25) is 19.5 Å². The van der Waals surface area contributed by atoms with Gasteiger partial charge in [-0.25, -0.2) is 0 Å². The number of carbonyl (C=O) groups is 2. The number of carbonyl (C=O) groups excluding carboxylic acids is 2. The number of fused-ring (bicyclic) bond motifs is 4. The Balaban J connectivity index is 1.33. The van der Waals surface area contributed by atoms with Crippen molar-refractivity contribution in [1.82, 2.24) is 20.1 Å². The van der Waals surface area contributed by atoms with E-state index in [1.807, 2.05) is 18.0 Å². The molecule has 4 aliphatic rings. The van der Waals surface area contributed by atoms with Crippen molar-refractivity contribution in [1.29, 1.82) is 0 Å². The van der Waals surface area contributed by atoms with E-state index in [4.69, 9.17) is 4.42 Å². The van der Waals surface area contributed by atoms with Crippen LogP contribution < -0.4 is 10.2 Å². The van der Waals surface area contributed by atoms with E-state index < -0.39 is 0 Å². The summed E-state index contributed by atoms with van der Waals surface area (Å²) in [7, 11) is 1.81. The third kappa shape index (κ3) is 3.25. The molecule has 29 heavy (non-hydrogen) atoms. The molecule has 0 spiro atoms. The van der Waals surface area contributed by atoms with Crippen LogP contribution in [0.4, 0.5) is 5.88 Å². The van der Waals surface area contributed by atoms with Crippen molar-refractivity contribution in [2.45, 2.75) is 31.8 Å². The number of nitrogens with zero attached hydrogens (tertiary/aromatic N) is 4. The molecule has 2 atom stereocenters. The SMILES string of the molecule is CC1C(NC(=O)c2cc3oc(N4CCN(C)C(=O)C4)cc3cn2)C2CCN1CC2. The van der Waals surface area contributed by atoms with Gasteiger partial charge in [-0.1, -0.05) is 0 Å². The smallest absolute Gasteiger partial charge is 0.270 e. The van der Waals surface area contributed by atoms with Crippen molar-refractivity contribution in [2.75, 3.05) is 44.7 Å². The minimum absolute atomic E-state index is 0.0709. The molecule has 154 valence electrons. The maximum absolute atomic E-state index is 12.9. The minimum atomic E-state index is -0.148. The van der Waals surface area contributed by atoms with E-state index >= 15 is 0 Å². The Bertz CT molecular complexity index is 947. The van der Waals surface area contributed by atoms with Crippen molar-refractivity contribution in [2.24, 2.45) is 5.92 Å². The monoisotopic (exact) mass is 397 g/mol. The van der Waals surface area contributed by atoms with Crippen LogP contribution in [0.5, 0.6) is 0 Å². The highest BCUT2D eigenvalue weighted by Gasteiger charge is 2.40. The van der Waals surface area contributed by atoms with E-state index in [0.717, 1.165) is 37.9 Å². The first-order valence-corrected chi connectivity index (χ1v) is 10.4. The lowest BCUT2D eigenvalue weighted by Crippen LogP contribution is -2.62. The van der Waals surface area contributed by atoms with Gasteiger partial charge in [-0.05, 0) is 38.8 Å². The molecule has 2 unspecified atom stereocenters. The Morgan fingerprint density at radius 1 is 1.21 bits per heavy atom. The van der Waals surface area contributed by atoms with Crippen LogP contribution in [-0.2, 0) is 4.79 Å². The lowest BCUT2D eigenvalue weighted by atomic mass is 9.79. The topological polar surface area (TPSA) is 81.9 Å². The third-order valence-corrected chi connectivity index (χ3v) is 6.87. The van der Waals surface area contributed by atoms with Gasteiger partial charge >= 0.3 is 0 Å². The Morgan fingerprint density at radius 3 is 2.72 bits per heavy atom. The van der Waals surface area contributed by atoms with E-state index in [9.17, 15) is 9.59 Å². The molecule has 6 rings (SSSR count). The molecule has 8 nitrogen and oxygen atoms in total. The van der Waals surface area contributed by atoms with Crippen LogP contribution in [0.25, 0.3) is 11.0 Å². The molecule has 0 aliphatic carbocycles. The highest BCUT2D eigenvalue weighted by molar-refractivity contribution is 5.96. The zero-order valence-corrected chi connectivity index (χ0v) is 16.9. The fourth-order valence-corrected chi connectivity index (χ4v) is 4.92. The summed E-state index contributed by atoms with van der Waals surface area (Å²) < 4.78 is 5.97. The fraction of sp³-hybridized carbons (Fsp3) is 0.571. The Kier molecular flexibility index (Phi) is 4.46. The summed E-state index contributed by atoms with van der Waals surface area (Å²) in [5, 5.41) is 4.05. The van der Waals surface area contributed by atoms with Crippen molar-refractivity contribution in [3.05, 3.63) is 24.0 Å². The lowest BCUT2D eigenvalue weighted by Gasteiger charge is -2.49. The molecule has 2 bridgehead atoms. The van der Waals surface area contributed by atoms with E-state index in [0.29, 0.717) is 42.2 Å². The van der Waals surface area contributed by atoms with Crippen LogP contribution in [0.1, 0.15) is 30.3 Å². The third-order valence-electron chi connectivity index (χ3n) is 6.87. The van der Waals surface area contributed by atoms with Crippen LogP contribution in [0, 0.1) is 5.92 Å². The number of likely N-dealkylation sites (N-methyl/N-ethyl adjacent to an activating group) is 1. The summed E-state index contributed by atoms with van der Waals surface area (Å²) >= 11 is 0. The fourth-order valence-electron chi connectivity index (χ4n) is 4.92. The van der Waals surface area contributed by atoms with E-state index in [-0.39, 0.29) is 17.9 Å². The number of piperazine rings is 1. The molecular weight excluding hydrogens is 370 g/mol. The predicted octanol–water partition coefficient (Wildman–Crippen LogP) is 1.32. The second-order valence-corrected chi connectivity index (χ2v) is 8.54. The minimum Gasteiger partial charge on any atom is -0.440 e. The average molecular weight is 397 g/mol. The zero-order valence-electron chi connectivity index (χ0n) is 16.9. The Labute approximate surface area is 169 Å². The first-order valence-electron chi connectivity index (χ1n) is 10.4. The maximum Gasteiger partial charge on any atom is 0.270 e. The van der Waals surface area contributed by atoms with E-state index in [1.165, 1.54) is 0 Å². The van der Waals surface area contributed by atoms with Gasteiger partial charge in [0.25, 0.3) is 5.91 Å². The molecule has 0 radical (unpaired) electrons. The summed E-state index contributed by atoms with van der Waals surface area (Å²) in [4.78, 5) is 35.3. The highest BCUT2D eigenvalue weighted by atomic mass is 16.4. The molecule has 2 aromatic rings. The van der Waals surface area contributed by atoms with Crippen molar-refractivity contribution in [3.8, 4) is 0 Å². The van der Waals surface area contributed by atoms with Crippen LogP contribution in [0.3, 0.4) is 0 Å². The molecule has 6 heterocycles. The van der Waals surface area contributed by atoms with Gasteiger partial charge in [-0.2, -0.15) is 0 Å². The number of hydrogen-bond acceptors (Lipinski definition) is 6. The quantitative estimate of drug-likeness (QED) is 0.841. The average Bonchev–Trinajstić information content (AvgIpc) is 3.16. The number of aromatic nitrogens is 1. The number of amides is 2. The largest absolute Gasteiger partial charge is 0.440 e. The molecule has 8 heteroatoms. The highest BCUT2D eigenvalue weighted by Crippen LogP contribution is 2.32. The summed E-state index contributed by atoms with van der Waals surface area (Å²) in [6.07, 6.45) is 3.97. The summed E-state index contributed by atoms with van der Waals surface area (Å²) in [5.74, 6) is 1.12. The number of rotatable bonds is 3. The molecule has 2 aromatic heterocycles. The number of anilines is 1. The number of furan rings is 1. The second-order valence-electron chi connectivity index (χ2n) is 8.54. The molecule has 0 aromatic carbocycles. The predicted molar refractivity (Wildman–Crippen MR) is 109 cm³/mol. The number of nitrogens with one attached hydrogen (secondary N) is 1. The molecule has 4 aliphatic heterocycles. The van der Waals surface area contributed by atoms with Crippen LogP contribution in [0.15, 0.2) is 22.7 Å². The first-order chi connectivity index (χ1) is 14.0. The number of piperidine rings is 3. The Morgan fingerprint density at radius 2 is 2.00 bits per heavy atom. The molecule has 0 saturated carbocycles. The van der Waals surface area contributed by atoms with Gasteiger partial charge in [-0.15, -0.1) is 0 Å². The van der Waals surface area contributed by atoms with E-state index in [2.05, 4.69) is 22.1 Å².